The summed E-state index contributed by atoms with van der Waals surface area (Å²) in [5.41, 5.74) is 1.85. The first-order valence-corrected chi connectivity index (χ1v) is 8.13. The third kappa shape index (κ3) is 3.78. The van der Waals surface area contributed by atoms with Crippen LogP contribution in [0.1, 0.15) is 11.1 Å². The van der Waals surface area contributed by atoms with Crippen molar-refractivity contribution in [1.29, 1.82) is 0 Å². The fourth-order valence-corrected chi connectivity index (χ4v) is 3.00. The van der Waals surface area contributed by atoms with Gasteiger partial charge in [0.1, 0.15) is 0 Å². The molecule has 0 aromatic heterocycles. The molecule has 2 N–H and O–H groups in total. The number of amides is 1. The van der Waals surface area contributed by atoms with Crippen molar-refractivity contribution in [2.45, 2.75) is 6.54 Å². The Kier molecular flexibility index (Phi) is 4.86. The molecule has 24 heavy (non-hydrogen) atoms. The SMILES string of the molecule is COc1cc(/C=C2\SC(=NCc3ccccc3)NC2=O)ccc1O. The standard InChI is InChI=1S/C18H16N2O3S/c1-23-15-9-13(7-8-14(15)21)10-16-17(22)20-18(24-16)19-11-12-5-3-2-4-6-12/h2-10,21H,11H2,1H3,(H,19,20,22)/b16-10-. The van der Waals surface area contributed by atoms with Gasteiger partial charge in [0.25, 0.3) is 5.91 Å². The summed E-state index contributed by atoms with van der Waals surface area (Å²) in [6, 6.07) is 14.8. The van der Waals surface area contributed by atoms with Gasteiger partial charge in [-0.25, -0.2) is 0 Å². The summed E-state index contributed by atoms with van der Waals surface area (Å²) >= 11 is 1.30. The molecule has 0 aliphatic carbocycles. The van der Waals surface area contributed by atoms with Gasteiger partial charge in [0, 0.05) is 0 Å². The molecule has 122 valence electrons. The van der Waals surface area contributed by atoms with Gasteiger partial charge in [0.2, 0.25) is 0 Å². The van der Waals surface area contributed by atoms with Crippen LogP contribution in [0.4, 0.5) is 0 Å². The van der Waals surface area contributed by atoms with Gasteiger partial charge in [0.05, 0.1) is 18.6 Å². The molecule has 5 nitrogen and oxygen atoms in total. The Balaban J connectivity index is 1.75. The maximum Gasteiger partial charge on any atom is 0.264 e. The zero-order chi connectivity index (χ0) is 16.9. The summed E-state index contributed by atoms with van der Waals surface area (Å²) in [4.78, 5) is 17.0. The van der Waals surface area contributed by atoms with Crippen molar-refractivity contribution in [1.82, 2.24) is 5.32 Å². The van der Waals surface area contributed by atoms with Crippen LogP contribution in [0.15, 0.2) is 58.4 Å². The first-order chi connectivity index (χ1) is 11.7. The zero-order valence-corrected chi connectivity index (χ0v) is 13.8. The molecule has 1 aliphatic heterocycles. The minimum Gasteiger partial charge on any atom is -0.504 e. The lowest BCUT2D eigenvalue weighted by Gasteiger charge is -2.03. The molecule has 6 heteroatoms. The van der Waals surface area contributed by atoms with E-state index in [4.69, 9.17) is 4.74 Å². The van der Waals surface area contributed by atoms with Crippen LogP contribution in [-0.2, 0) is 11.3 Å². The maximum atomic E-state index is 12.1. The van der Waals surface area contributed by atoms with Gasteiger partial charge in [-0.05, 0) is 41.1 Å². The van der Waals surface area contributed by atoms with Gasteiger partial charge in [-0.15, -0.1) is 0 Å². The van der Waals surface area contributed by atoms with Crippen LogP contribution in [0.5, 0.6) is 11.5 Å². The van der Waals surface area contributed by atoms with Crippen molar-refractivity contribution < 1.29 is 14.6 Å². The van der Waals surface area contributed by atoms with Crippen LogP contribution in [0.25, 0.3) is 6.08 Å². The number of carbonyl (C=O) groups is 1. The first kappa shape index (κ1) is 16.1. The van der Waals surface area contributed by atoms with Crippen LogP contribution in [0.3, 0.4) is 0 Å². The topological polar surface area (TPSA) is 70.9 Å². The predicted octanol–water partition coefficient (Wildman–Crippen LogP) is 3.16. The van der Waals surface area contributed by atoms with E-state index in [1.807, 2.05) is 30.3 Å². The van der Waals surface area contributed by atoms with Crippen LogP contribution >= 0.6 is 11.8 Å². The number of hydrogen-bond acceptors (Lipinski definition) is 5. The Hall–Kier alpha value is -2.73. The van der Waals surface area contributed by atoms with Crippen LogP contribution in [-0.4, -0.2) is 23.3 Å². The van der Waals surface area contributed by atoms with Crippen molar-refractivity contribution in [3.8, 4) is 11.5 Å². The normalized spacial score (nSPS) is 17.3. The number of aliphatic imine (C=N–C) groups is 1. The number of nitrogens with zero attached hydrogens (tertiary/aromatic N) is 1. The summed E-state index contributed by atoms with van der Waals surface area (Å²) in [6.07, 6.45) is 1.74. The third-order valence-electron chi connectivity index (χ3n) is 3.40. The van der Waals surface area contributed by atoms with Crippen molar-refractivity contribution in [2.24, 2.45) is 4.99 Å². The fourth-order valence-electron chi connectivity index (χ4n) is 2.18. The van der Waals surface area contributed by atoms with E-state index in [0.717, 1.165) is 11.1 Å². The van der Waals surface area contributed by atoms with E-state index in [2.05, 4.69) is 10.3 Å². The second kappa shape index (κ2) is 7.23. The Bertz CT molecular complexity index is 816. The Morgan fingerprint density at radius 1 is 1.25 bits per heavy atom. The summed E-state index contributed by atoms with van der Waals surface area (Å²) < 4.78 is 5.08. The zero-order valence-electron chi connectivity index (χ0n) is 13.0. The molecule has 1 heterocycles. The largest absolute Gasteiger partial charge is 0.504 e. The Morgan fingerprint density at radius 2 is 2.04 bits per heavy atom. The van der Waals surface area contributed by atoms with E-state index in [1.54, 1.807) is 18.2 Å². The van der Waals surface area contributed by atoms with Gasteiger partial charge in [-0.3, -0.25) is 9.79 Å². The quantitative estimate of drug-likeness (QED) is 0.839. The highest BCUT2D eigenvalue weighted by Crippen LogP contribution is 2.30. The fraction of sp³-hybridized carbons (Fsp3) is 0.111. The molecule has 1 aliphatic rings. The molecule has 0 bridgehead atoms. The molecule has 1 saturated heterocycles. The smallest absolute Gasteiger partial charge is 0.264 e. The van der Waals surface area contributed by atoms with Crippen molar-refractivity contribution >= 4 is 28.9 Å². The number of hydrogen-bond donors (Lipinski definition) is 2. The molecule has 0 unspecified atom stereocenters. The van der Waals surface area contributed by atoms with E-state index in [1.165, 1.54) is 24.9 Å². The lowest BCUT2D eigenvalue weighted by molar-refractivity contribution is -0.115. The van der Waals surface area contributed by atoms with Crippen LogP contribution in [0.2, 0.25) is 0 Å². The number of phenolic OH excluding ortho intramolecular Hbond substituents is 1. The number of thioether (sulfide) groups is 1. The number of rotatable bonds is 4. The number of benzene rings is 2. The van der Waals surface area contributed by atoms with Crippen LogP contribution < -0.4 is 10.1 Å². The first-order valence-electron chi connectivity index (χ1n) is 7.32. The molecule has 0 spiro atoms. The van der Waals surface area contributed by atoms with Crippen molar-refractivity contribution in [2.75, 3.05) is 7.11 Å². The van der Waals surface area contributed by atoms with Gasteiger partial charge >= 0.3 is 0 Å². The molecule has 0 atom stereocenters. The summed E-state index contributed by atoms with van der Waals surface area (Å²) in [6.45, 7) is 0.518. The molecule has 3 rings (SSSR count). The number of ether oxygens (including phenoxy) is 1. The predicted molar refractivity (Wildman–Crippen MR) is 96.0 cm³/mol. The Morgan fingerprint density at radius 3 is 2.79 bits per heavy atom. The van der Waals surface area contributed by atoms with E-state index in [-0.39, 0.29) is 11.7 Å². The number of methoxy groups -OCH3 is 1. The average Bonchev–Trinajstić information content (AvgIpc) is 2.95. The molecule has 0 saturated carbocycles. The third-order valence-corrected chi connectivity index (χ3v) is 4.35. The summed E-state index contributed by atoms with van der Waals surface area (Å²) in [5.74, 6) is 0.248. The minimum atomic E-state index is -0.182. The van der Waals surface area contributed by atoms with Crippen molar-refractivity contribution in [3.05, 3.63) is 64.6 Å². The van der Waals surface area contributed by atoms with Gasteiger partial charge in [-0.1, -0.05) is 36.4 Å². The second-order valence-corrected chi connectivity index (χ2v) is 6.13. The summed E-state index contributed by atoms with van der Waals surface area (Å²) in [5, 5.41) is 13.0. The lowest BCUT2D eigenvalue weighted by atomic mass is 10.2. The van der Waals surface area contributed by atoms with E-state index < -0.39 is 0 Å². The summed E-state index contributed by atoms with van der Waals surface area (Å²) in [7, 11) is 1.48. The van der Waals surface area contributed by atoms with Crippen LogP contribution in [0, 0.1) is 0 Å². The van der Waals surface area contributed by atoms with E-state index in [9.17, 15) is 9.90 Å². The highest BCUT2D eigenvalue weighted by Gasteiger charge is 2.23. The number of carbonyl (C=O) groups excluding carboxylic acids is 1. The van der Waals surface area contributed by atoms with Gasteiger partial charge in [0.15, 0.2) is 16.7 Å². The molecule has 2 aromatic rings. The second-order valence-electron chi connectivity index (χ2n) is 5.10. The molecule has 1 amide bonds. The molecular formula is C18H16N2O3S. The van der Waals surface area contributed by atoms with E-state index in [0.29, 0.717) is 22.4 Å². The number of aromatic hydroxyl groups is 1. The highest BCUT2D eigenvalue weighted by atomic mass is 32.2. The van der Waals surface area contributed by atoms with Gasteiger partial charge < -0.3 is 15.2 Å². The monoisotopic (exact) mass is 340 g/mol. The molecule has 1 fully saturated rings. The Labute approximate surface area is 144 Å². The molecule has 0 radical (unpaired) electrons. The van der Waals surface area contributed by atoms with E-state index >= 15 is 0 Å². The molecule has 2 aromatic carbocycles. The van der Waals surface area contributed by atoms with Crippen molar-refractivity contribution in [3.63, 3.8) is 0 Å². The number of amidine groups is 1. The average molecular weight is 340 g/mol. The maximum absolute atomic E-state index is 12.1. The minimum absolute atomic E-state index is 0.0632. The molecular weight excluding hydrogens is 324 g/mol. The highest BCUT2D eigenvalue weighted by molar-refractivity contribution is 8.18. The number of phenols is 1. The lowest BCUT2D eigenvalue weighted by Crippen LogP contribution is -2.19. The van der Waals surface area contributed by atoms with Gasteiger partial charge in [-0.2, -0.15) is 0 Å². The number of nitrogens with one attached hydrogen (secondary N) is 1.